The molecule has 2 rings (SSSR count). The van der Waals surface area contributed by atoms with Crippen LogP contribution in [-0.2, 0) is 6.42 Å². The van der Waals surface area contributed by atoms with E-state index in [1.54, 1.807) is 7.05 Å². The molecule has 5 nitrogen and oxygen atoms in total. The Balaban J connectivity index is 1.75. The van der Waals surface area contributed by atoms with Crippen molar-refractivity contribution < 1.29 is 9.47 Å². The van der Waals surface area contributed by atoms with E-state index >= 15 is 0 Å². The molecular weight excluding hydrogens is 286 g/mol. The molecule has 6 heteroatoms. The summed E-state index contributed by atoms with van der Waals surface area (Å²) < 4.78 is 10.7. The van der Waals surface area contributed by atoms with Crippen LogP contribution in [0.15, 0.2) is 23.2 Å². The van der Waals surface area contributed by atoms with Crippen LogP contribution in [0.1, 0.15) is 12.5 Å². The molecule has 1 unspecified atom stereocenters. The number of hydrogen-bond donors (Lipinski definition) is 2. The van der Waals surface area contributed by atoms with Crippen molar-refractivity contribution in [3.05, 3.63) is 23.8 Å². The van der Waals surface area contributed by atoms with Crippen LogP contribution >= 0.6 is 11.8 Å². The Morgan fingerprint density at radius 2 is 2.14 bits per heavy atom. The smallest absolute Gasteiger partial charge is 0.231 e. The monoisotopic (exact) mass is 309 g/mol. The molecule has 21 heavy (non-hydrogen) atoms. The van der Waals surface area contributed by atoms with Crippen molar-refractivity contribution in [1.82, 2.24) is 10.6 Å². The summed E-state index contributed by atoms with van der Waals surface area (Å²) in [4.78, 5) is 4.22. The highest BCUT2D eigenvalue weighted by Gasteiger charge is 2.12. The number of thioether (sulfide) groups is 1. The molecule has 1 aliphatic heterocycles. The minimum Gasteiger partial charge on any atom is -0.454 e. The first-order valence-corrected chi connectivity index (χ1v) is 8.37. The molecule has 0 amide bonds. The van der Waals surface area contributed by atoms with Gasteiger partial charge in [-0.05, 0) is 30.4 Å². The molecular formula is C15H23N3O2S. The normalized spacial score (nSPS) is 14.9. The lowest BCUT2D eigenvalue weighted by Crippen LogP contribution is -2.40. The second-order valence-corrected chi connectivity index (χ2v) is 6.14. The molecule has 1 aromatic rings. The van der Waals surface area contributed by atoms with E-state index in [1.807, 2.05) is 23.9 Å². The molecule has 116 valence electrons. The van der Waals surface area contributed by atoms with Gasteiger partial charge in [0.05, 0.1) is 0 Å². The van der Waals surface area contributed by atoms with Gasteiger partial charge in [0.1, 0.15) is 0 Å². The number of nitrogens with one attached hydrogen (secondary N) is 2. The lowest BCUT2D eigenvalue weighted by atomic mass is 10.1. The third-order valence-corrected chi connectivity index (χ3v) is 4.30. The van der Waals surface area contributed by atoms with Crippen molar-refractivity contribution in [3.63, 3.8) is 0 Å². The molecule has 0 bridgehead atoms. The highest BCUT2D eigenvalue weighted by Crippen LogP contribution is 2.32. The summed E-state index contributed by atoms with van der Waals surface area (Å²) in [6.07, 6.45) is 3.03. The summed E-state index contributed by atoms with van der Waals surface area (Å²) in [6, 6.07) is 6.07. The number of ether oxygens (including phenoxy) is 2. The maximum Gasteiger partial charge on any atom is 0.231 e. The third kappa shape index (κ3) is 4.74. The minimum absolute atomic E-state index is 0.321. The van der Waals surface area contributed by atoms with Gasteiger partial charge >= 0.3 is 0 Å². The molecule has 0 aromatic heterocycles. The number of aliphatic imine (C=N–C) groups is 1. The Labute approximate surface area is 130 Å². The third-order valence-electron chi connectivity index (χ3n) is 3.33. The van der Waals surface area contributed by atoms with E-state index < -0.39 is 0 Å². The quantitative estimate of drug-likeness (QED) is 0.621. The second-order valence-electron chi connectivity index (χ2n) is 4.86. The SMILES string of the molecule is CN=C(NCCc1ccc2c(c1)OCO2)NCC(C)SC. The van der Waals surface area contributed by atoms with Gasteiger partial charge in [-0.25, -0.2) is 0 Å². The van der Waals surface area contributed by atoms with Gasteiger partial charge in [0.25, 0.3) is 0 Å². The summed E-state index contributed by atoms with van der Waals surface area (Å²) >= 11 is 1.84. The Bertz CT molecular complexity index is 494. The Kier molecular flexibility index (Phi) is 6.04. The summed E-state index contributed by atoms with van der Waals surface area (Å²) in [7, 11) is 1.79. The van der Waals surface area contributed by atoms with E-state index in [0.29, 0.717) is 12.0 Å². The number of fused-ring (bicyclic) bond motifs is 1. The van der Waals surface area contributed by atoms with Crippen LogP contribution in [0.4, 0.5) is 0 Å². The second kappa shape index (κ2) is 8.02. The first-order chi connectivity index (χ1) is 10.2. The van der Waals surface area contributed by atoms with Crippen LogP contribution in [-0.4, -0.2) is 44.4 Å². The molecule has 1 aliphatic rings. The van der Waals surface area contributed by atoms with E-state index in [9.17, 15) is 0 Å². The Morgan fingerprint density at radius 3 is 2.90 bits per heavy atom. The maximum atomic E-state index is 5.38. The van der Waals surface area contributed by atoms with Gasteiger partial charge in [0.15, 0.2) is 17.5 Å². The number of rotatable bonds is 6. The zero-order valence-corrected chi connectivity index (χ0v) is 13.6. The molecule has 0 radical (unpaired) electrons. The van der Waals surface area contributed by atoms with Gasteiger partial charge < -0.3 is 20.1 Å². The first kappa shape index (κ1) is 15.8. The molecule has 1 atom stereocenters. The Morgan fingerprint density at radius 1 is 1.33 bits per heavy atom. The van der Waals surface area contributed by atoms with Gasteiger partial charge in [0, 0.05) is 25.4 Å². The van der Waals surface area contributed by atoms with E-state index in [1.165, 1.54) is 5.56 Å². The van der Waals surface area contributed by atoms with E-state index in [0.717, 1.165) is 37.0 Å². The fraction of sp³-hybridized carbons (Fsp3) is 0.533. The van der Waals surface area contributed by atoms with E-state index in [-0.39, 0.29) is 0 Å². The number of guanidine groups is 1. The molecule has 2 N–H and O–H groups in total. The van der Waals surface area contributed by atoms with Crippen LogP contribution in [0.5, 0.6) is 11.5 Å². The van der Waals surface area contributed by atoms with Gasteiger partial charge in [-0.1, -0.05) is 13.0 Å². The summed E-state index contributed by atoms with van der Waals surface area (Å²) in [5.74, 6) is 2.51. The fourth-order valence-electron chi connectivity index (χ4n) is 1.97. The van der Waals surface area contributed by atoms with Crippen LogP contribution in [0.3, 0.4) is 0 Å². The predicted octanol–water partition coefficient (Wildman–Crippen LogP) is 1.87. The summed E-state index contributed by atoms with van der Waals surface area (Å²) in [5, 5.41) is 7.21. The Hall–Kier alpha value is -1.56. The molecule has 1 aromatic carbocycles. The average molecular weight is 309 g/mol. The lowest BCUT2D eigenvalue weighted by Gasteiger charge is -2.14. The highest BCUT2D eigenvalue weighted by atomic mass is 32.2. The largest absolute Gasteiger partial charge is 0.454 e. The lowest BCUT2D eigenvalue weighted by molar-refractivity contribution is 0.174. The minimum atomic E-state index is 0.321. The fourth-order valence-corrected chi connectivity index (χ4v) is 2.22. The summed E-state index contributed by atoms with van der Waals surface area (Å²) in [5.41, 5.74) is 1.22. The molecule has 0 saturated heterocycles. The van der Waals surface area contributed by atoms with Gasteiger partial charge in [-0.3, -0.25) is 4.99 Å². The number of hydrogen-bond acceptors (Lipinski definition) is 4. The van der Waals surface area contributed by atoms with Crippen molar-refractivity contribution in [2.45, 2.75) is 18.6 Å². The van der Waals surface area contributed by atoms with Crippen LogP contribution in [0, 0.1) is 0 Å². The zero-order valence-electron chi connectivity index (χ0n) is 12.8. The topological polar surface area (TPSA) is 54.9 Å². The van der Waals surface area contributed by atoms with E-state index in [2.05, 4.69) is 34.9 Å². The zero-order chi connectivity index (χ0) is 15.1. The van der Waals surface area contributed by atoms with Gasteiger partial charge in [0.2, 0.25) is 6.79 Å². The predicted molar refractivity (Wildman–Crippen MR) is 88.6 cm³/mol. The number of benzene rings is 1. The standard InChI is InChI=1S/C15H23N3O2S/c1-11(21-3)9-18-15(16-2)17-7-6-12-4-5-13-14(8-12)20-10-19-13/h4-5,8,11H,6-7,9-10H2,1-3H3,(H2,16,17,18). The van der Waals surface area contributed by atoms with Gasteiger partial charge in [-0.15, -0.1) is 0 Å². The van der Waals surface area contributed by atoms with Gasteiger partial charge in [-0.2, -0.15) is 11.8 Å². The molecule has 0 fully saturated rings. The van der Waals surface area contributed by atoms with Crippen LogP contribution in [0.25, 0.3) is 0 Å². The molecule has 0 saturated carbocycles. The summed E-state index contributed by atoms with van der Waals surface area (Å²) in [6.45, 7) is 4.25. The van der Waals surface area contributed by atoms with Crippen molar-refractivity contribution in [2.75, 3.05) is 33.2 Å². The average Bonchev–Trinajstić information content (AvgIpc) is 2.97. The van der Waals surface area contributed by atoms with Crippen molar-refractivity contribution in [3.8, 4) is 11.5 Å². The van der Waals surface area contributed by atoms with Crippen molar-refractivity contribution in [2.24, 2.45) is 4.99 Å². The van der Waals surface area contributed by atoms with Crippen molar-refractivity contribution in [1.29, 1.82) is 0 Å². The van der Waals surface area contributed by atoms with Crippen LogP contribution in [0.2, 0.25) is 0 Å². The van der Waals surface area contributed by atoms with Crippen molar-refractivity contribution >= 4 is 17.7 Å². The highest BCUT2D eigenvalue weighted by molar-refractivity contribution is 7.99. The van der Waals surface area contributed by atoms with E-state index in [4.69, 9.17) is 9.47 Å². The molecule has 1 heterocycles. The van der Waals surface area contributed by atoms with Crippen LogP contribution < -0.4 is 20.1 Å². The maximum absolute atomic E-state index is 5.38. The number of nitrogens with zero attached hydrogens (tertiary/aromatic N) is 1. The first-order valence-electron chi connectivity index (χ1n) is 7.08. The molecule has 0 aliphatic carbocycles. The molecule has 0 spiro atoms.